The number of rotatable bonds is 6. The van der Waals surface area contributed by atoms with Gasteiger partial charge >= 0.3 is 0 Å². The second-order valence-corrected chi connectivity index (χ2v) is 7.10. The van der Waals surface area contributed by atoms with Crippen molar-refractivity contribution in [3.05, 3.63) is 106 Å². The van der Waals surface area contributed by atoms with Gasteiger partial charge in [-0.2, -0.15) is 0 Å². The van der Waals surface area contributed by atoms with E-state index >= 15 is 0 Å². The van der Waals surface area contributed by atoms with Gasteiger partial charge in [-0.05, 0) is 46.2 Å². The lowest BCUT2D eigenvalue weighted by atomic mass is 9.97. The number of hydrogen-bond donors (Lipinski definition) is 0. The summed E-state index contributed by atoms with van der Waals surface area (Å²) in [7, 11) is 0. The fourth-order valence-electron chi connectivity index (χ4n) is 2.94. The number of hydrogen-bond acceptors (Lipinski definition) is 0. The molecule has 0 saturated heterocycles. The van der Waals surface area contributed by atoms with Crippen molar-refractivity contribution in [1.29, 1.82) is 0 Å². The monoisotopic (exact) mass is 442 g/mol. The minimum Gasteiger partial charge on any atom is -0.0876 e. The van der Waals surface area contributed by atoms with Crippen LogP contribution in [0, 0.1) is 0 Å². The lowest BCUT2D eigenvalue weighted by molar-refractivity contribution is 1.12. The summed E-state index contributed by atoms with van der Waals surface area (Å²) in [6.07, 6.45) is 1.97. The van der Waals surface area contributed by atoms with E-state index in [1.165, 1.54) is 33.4 Å². The standard InChI is InChI=1S/C22H20Br2/c23-15-21-7-3-1-5-19(21)13-17-9-11-18(12-10-17)14-20-6-2-4-8-22(20)16-24/h1-12H,13-16H2. The highest BCUT2D eigenvalue weighted by molar-refractivity contribution is 9.08. The van der Waals surface area contributed by atoms with Gasteiger partial charge in [0.25, 0.3) is 0 Å². The molecule has 3 rings (SSSR count). The zero-order valence-electron chi connectivity index (χ0n) is 13.5. The Bertz CT molecular complexity index is 723. The molecule has 0 aliphatic heterocycles. The van der Waals surface area contributed by atoms with E-state index in [2.05, 4.69) is 105 Å². The van der Waals surface area contributed by atoms with Crippen LogP contribution in [0.4, 0.5) is 0 Å². The van der Waals surface area contributed by atoms with Crippen LogP contribution in [-0.2, 0) is 23.5 Å². The van der Waals surface area contributed by atoms with E-state index in [0.29, 0.717) is 0 Å². The van der Waals surface area contributed by atoms with Crippen molar-refractivity contribution in [1.82, 2.24) is 0 Å². The fraction of sp³-hybridized carbons (Fsp3) is 0.182. The third-order valence-electron chi connectivity index (χ3n) is 4.34. The van der Waals surface area contributed by atoms with Crippen molar-refractivity contribution < 1.29 is 0 Å². The number of benzene rings is 3. The molecule has 24 heavy (non-hydrogen) atoms. The normalized spacial score (nSPS) is 10.8. The Balaban J connectivity index is 1.74. The van der Waals surface area contributed by atoms with Crippen molar-refractivity contribution in [2.75, 3.05) is 0 Å². The molecule has 0 radical (unpaired) electrons. The topological polar surface area (TPSA) is 0 Å². The van der Waals surface area contributed by atoms with E-state index in [4.69, 9.17) is 0 Å². The van der Waals surface area contributed by atoms with Gasteiger partial charge in [-0.1, -0.05) is 105 Å². The van der Waals surface area contributed by atoms with Crippen LogP contribution in [0.5, 0.6) is 0 Å². The highest BCUT2D eigenvalue weighted by Crippen LogP contribution is 2.20. The molecule has 0 atom stereocenters. The van der Waals surface area contributed by atoms with Crippen LogP contribution in [0.3, 0.4) is 0 Å². The smallest absolute Gasteiger partial charge is 0.0285 e. The van der Waals surface area contributed by atoms with Gasteiger partial charge in [-0.3, -0.25) is 0 Å². The van der Waals surface area contributed by atoms with Gasteiger partial charge in [0.05, 0.1) is 0 Å². The van der Waals surface area contributed by atoms with Crippen LogP contribution < -0.4 is 0 Å². The van der Waals surface area contributed by atoms with E-state index in [9.17, 15) is 0 Å². The van der Waals surface area contributed by atoms with Crippen molar-refractivity contribution in [3.63, 3.8) is 0 Å². The van der Waals surface area contributed by atoms with Crippen molar-refractivity contribution >= 4 is 31.9 Å². The van der Waals surface area contributed by atoms with E-state index in [0.717, 1.165) is 23.5 Å². The maximum Gasteiger partial charge on any atom is 0.0285 e. The minimum absolute atomic E-state index is 0.907. The van der Waals surface area contributed by atoms with Crippen LogP contribution in [-0.4, -0.2) is 0 Å². The lowest BCUT2D eigenvalue weighted by Crippen LogP contribution is -1.96. The molecule has 122 valence electrons. The minimum atomic E-state index is 0.907. The lowest BCUT2D eigenvalue weighted by Gasteiger charge is -2.10. The average Bonchev–Trinajstić information content (AvgIpc) is 2.64. The third-order valence-corrected chi connectivity index (χ3v) is 5.55. The summed E-state index contributed by atoms with van der Waals surface area (Å²) in [4.78, 5) is 0. The summed E-state index contributed by atoms with van der Waals surface area (Å²) < 4.78 is 0. The van der Waals surface area contributed by atoms with Gasteiger partial charge < -0.3 is 0 Å². The van der Waals surface area contributed by atoms with Gasteiger partial charge in [0.1, 0.15) is 0 Å². The maximum absolute atomic E-state index is 3.58. The highest BCUT2D eigenvalue weighted by Gasteiger charge is 2.04. The molecule has 0 aromatic heterocycles. The Morgan fingerprint density at radius 1 is 0.458 bits per heavy atom. The largest absolute Gasteiger partial charge is 0.0876 e. The summed E-state index contributed by atoms with van der Waals surface area (Å²) in [5.41, 5.74) is 8.25. The quantitative estimate of drug-likeness (QED) is 0.373. The van der Waals surface area contributed by atoms with Crippen LogP contribution in [0.2, 0.25) is 0 Å². The molecule has 0 amide bonds. The first-order valence-electron chi connectivity index (χ1n) is 8.13. The Morgan fingerprint density at radius 3 is 1.12 bits per heavy atom. The fourth-order valence-corrected chi connectivity index (χ4v) is 4.03. The molecular weight excluding hydrogens is 424 g/mol. The zero-order valence-corrected chi connectivity index (χ0v) is 16.7. The predicted molar refractivity (Wildman–Crippen MR) is 110 cm³/mol. The molecule has 0 aliphatic carbocycles. The van der Waals surface area contributed by atoms with Gasteiger partial charge in [0.2, 0.25) is 0 Å². The molecule has 3 aromatic carbocycles. The molecule has 0 N–H and O–H groups in total. The van der Waals surface area contributed by atoms with E-state index < -0.39 is 0 Å². The van der Waals surface area contributed by atoms with Crippen LogP contribution >= 0.6 is 31.9 Å². The predicted octanol–water partition coefficient (Wildman–Crippen LogP) is 6.66. The first-order chi connectivity index (χ1) is 11.8. The molecule has 0 fully saturated rings. The SMILES string of the molecule is BrCc1ccccc1Cc1ccc(Cc2ccccc2CBr)cc1. The van der Waals surface area contributed by atoms with Gasteiger partial charge in [0.15, 0.2) is 0 Å². The summed E-state index contributed by atoms with van der Waals surface area (Å²) in [5, 5.41) is 1.81. The van der Waals surface area contributed by atoms with E-state index in [-0.39, 0.29) is 0 Å². The van der Waals surface area contributed by atoms with Crippen LogP contribution in [0.15, 0.2) is 72.8 Å². The second kappa shape index (κ2) is 8.64. The van der Waals surface area contributed by atoms with Crippen molar-refractivity contribution in [2.24, 2.45) is 0 Å². The van der Waals surface area contributed by atoms with Gasteiger partial charge in [-0.25, -0.2) is 0 Å². The first kappa shape index (κ1) is 17.4. The highest BCUT2D eigenvalue weighted by atomic mass is 79.9. The van der Waals surface area contributed by atoms with E-state index in [1.54, 1.807) is 0 Å². The summed E-state index contributed by atoms with van der Waals surface area (Å²) in [5.74, 6) is 0. The molecule has 0 heterocycles. The van der Waals surface area contributed by atoms with Crippen molar-refractivity contribution in [2.45, 2.75) is 23.5 Å². The summed E-state index contributed by atoms with van der Waals surface area (Å²) in [6.45, 7) is 0. The Labute approximate surface area is 161 Å². The van der Waals surface area contributed by atoms with Crippen LogP contribution in [0.25, 0.3) is 0 Å². The first-order valence-corrected chi connectivity index (χ1v) is 10.4. The number of halogens is 2. The Kier molecular flexibility index (Phi) is 6.28. The van der Waals surface area contributed by atoms with Crippen molar-refractivity contribution in [3.8, 4) is 0 Å². The zero-order chi connectivity index (χ0) is 16.8. The second-order valence-electron chi connectivity index (χ2n) is 5.97. The van der Waals surface area contributed by atoms with E-state index in [1.807, 2.05) is 0 Å². The molecule has 0 aliphatic rings. The third kappa shape index (κ3) is 4.37. The molecule has 0 bridgehead atoms. The molecule has 0 saturated carbocycles. The molecule has 0 nitrogen and oxygen atoms in total. The van der Waals surface area contributed by atoms with Gasteiger partial charge in [-0.15, -0.1) is 0 Å². The number of alkyl halides is 2. The summed E-state index contributed by atoms with van der Waals surface area (Å²) in [6, 6.07) is 26.3. The maximum atomic E-state index is 3.58. The summed E-state index contributed by atoms with van der Waals surface area (Å²) >= 11 is 7.16. The molecule has 0 spiro atoms. The molecule has 3 aromatic rings. The Hall–Kier alpha value is -1.38. The van der Waals surface area contributed by atoms with Gasteiger partial charge in [0, 0.05) is 10.7 Å². The van der Waals surface area contributed by atoms with Crippen LogP contribution in [0.1, 0.15) is 33.4 Å². The molecule has 0 unspecified atom stereocenters. The Morgan fingerprint density at radius 2 is 0.792 bits per heavy atom. The molecule has 2 heteroatoms. The average molecular weight is 444 g/mol. The molecular formula is C22H20Br2.